The molecule has 1 aromatic rings. The molecule has 0 aromatic heterocycles. The van der Waals surface area contributed by atoms with Crippen LogP contribution in [0, 0.1) is 0 Å². The van der Waals surface area contributed by atoms with Gasteiger partial charge in [-0.3, -0.25) is 4.79 Å². The van der Waals surface area contributed by atoms with Crippen molar-refractivity contribution in [2.75, 3.05) is 26.1 Å². The third-order valence-corrected chi connectivity index (χ3v) is 2.84. The molecule has 0 aliphatic carbocycles. The number of anilines is 1. The Balaban J connectivity index is 2.88. The van der Waals surface area contributed by atoms with E-state index in [1.54, 1.807) is 0 Å². The zero-order chi connectivity index (χ0) is 13.0. The number of ether oxygens (including phenoxy) is 1. The molecule has 0 radical (unpaired) electrons. The summed E-state index contributed by atoms with van der Waals surface area (Å²) in [6, 6.07) is 5.14. The molecule has 1 atom stereocenters. The fraction of sp³-hybridized carbons (Fsp3) is 0.417. The Morgan fingerprint density at radius 1 is 1.53 bits per heavy atom. The van der Waals surface area contributed by atoms with E-state index in [0.29, 0.717) is 5.02 Å². The van der Waals surface area contributed by atoms with Crippen LogP contribution in [0.25, 0.3) is 0 Å². The van der Waals surface area contributed by atoms with Gasteiger partial charge in [0, 0.05) is 30.8 Å². The van der Waals surface area contributed by atoms with Crippen LogP contribution in [0.5, 0.6) is 0 Å². The van der Waals surface area contributed by atoms with Crippen LogP contribution >= 0.6 is 11.6 Å². The maximum Gasteiger partial charge on any atom is 0.307 e. The smallest absolute Gasteiger partial charge is 0.307 e. The van der Waals surface area contributed by atoms with Crippen LogP contribution in [0.2, 0.25) is 5.02 Å². The molecule has 0 unspecified atom stereocenters. The number of halogens is 1. The fourth-order valence-electron chi connectivity index (χ4n) is 1.47. The average Bonchev–Trinajstić information content (AvgIpc) is 2.28. The molecule has 1 aromatic carbocycles. The number of rotatable bonds is 4. The molecule has 4 nitrogen and oxygen atoms in total. The molecular formula is C12H17ClN2O2. The summed E-state index contributed by atoms with van der Waals surface area (Å²) in [4.78, 5) is 13.1. The van der Waals surface area contributed by atoms with Gasteiger partial charge in [0.15, 0.2) is 0 Å². The van der Waals surface area contributed by atoms with Crippen molar-refractivity contribution < 1.29 is 9.53 Å². The molecule has 0 saturated heterocycles. The van der Waals surface area contributed by atoms with Gasteiger partial charge in [0.2, 0.25) is 0 Å². The van der Waals surface area contributed by atoms with Crippen LogP contribution in [0.1, 0.15) is 18.0 Å². The minimum absolute atomic E-state index is 0.123. The summed E-state index contributed by atoms with van der Waals surface area (Å²) in [6.45, 7) is 0. The lowest BCUT2D eigenvalue weighted by Gasteiger charge is -2.17. The lowest BCUT2D eigenvalue weighted by atomic mass is 10.0. The summed E-state index contributed by atoms with van der Waals surface area (Å²) in [7, 11) is 5.20. The van der Waals surface area contributed by atoms with E-state index in [4.69, 9.17) is 17.3 Å². The van der Waals surface area contributed by atoms with Crippen molar-refractivity contribution in [1.29, 1.82) is 0 Å². The highest BCUT2D eigenvalue weighted by Gasteiger charge is 2.15. The molecule has 1 rings (SSSR count). The topological polar surface area (TPSA) is 55.6 Å². The van der Waals surface area contributed by atoms with Crippen molar-refractivity contribution in [3.8, 4) is 0 Å². The van der Waals surface area contributed by atoms with Gasteiger partial charge in [-0.25, -0.2) is 0 Å². The SMILES string of the molecule is COC(=O)C[C@H](N)c1ccc(N(C)C)cc1Cl. The first-order valence-electron chi connectivity index (χ1n) is 5.25. The third-order valence-electron chi connectivity index (χ3n) is 2.51. The van der Waals surface area contributed by atoms with Crippen LogP contribution in [0.3, 0.4) is 0 Å². The van der Waals surface area contributed by atoms with E-state index < -0.39 is 6.04 Å². The van der Waals surface area contributed by atoms with E-state index in [1.165, 1.54) is 7.11 Å². The lowest BCUT2D eigenvalue weighted by Crippen LogP contribution is -2.17. The second-order valence-electron chi connectivity index (χ2n) is 3.99. The predicted molar refractivity (Wildman–Crippen MR) is 69.3 cm³/mol. The largest absolute Gasteiger partial charge is 0.469 e. The number of nitrogens with two attached hydrogens (primary N) is 1. The first kappa shape index (κ1) is 13.8. The van der Waals surface area contributed by atoms with Gasteiger partial charge in [-0.15, -0.1) is 0 Å². The first-order chi connectivity index (χ1) is 7.95. The second kappa shape index (κ2) is 5.89. The van der Waals surface area contributed by atoms with Crippen LogP contribution in [0.15, 0.2) is 18.2 Å². The predicted octanol–water partition coefficient (Wildman–Crippen LogP) is 1.97. The Morgan fingerprint density at radius 3 is 2.65 bits per heavy atom. The highest BCUT2D eigenvalue weighted by Crippen LogP contribution is 2.27. The van der Waals surface area contributed by atoms with E-state index in [0.717, 1.165) is 11.3 Å². The number of methoxy groups -OCH3 is 1. The highest BCUT2D eigenvalue weighted by molar-refractivity contribution is 6.31. The molecule has 0 fully saturated rings. The number of hydrogen-bond acceptors (Lipinski definition) is 4. The molecule has 0 amide bonds. The van der Waals surface area contributed by atoms with E-state index >= 15 is 0 Å². The zero-order valence-electron chi connectivity index (χ0n) is 10.2. The maximum atomic E-state index is 11.1. The maximum absolute atomic E-state index is 11.1. The van der Waals surface area contributed by atoms with Crippen molar-refractivity contribution in [1.82, 2.24) is 0 Å². The molecule has 0 bridgehead atoms. The minimum atomic E-state index is -0.439. The number of carbonyl (C=O) groups excluding carboxylic acids is 1. The Bertz CT molecular complexity index is 407. The van der Waals surface area contributed by atoms with Gasteiger partial charge in [-0.2, -0.15) is 0 Å². The van der Waals surface area contributed by atoms with Crippen LogP contribution < -0.4 is 10.6 Å². The van der Waals surface area contributed by atoms with Gasteiger partial charge in [-0.05, 0) is 17.7 Å². The van der Waals surface area contributed by atoms with E-state index in [2.05, 4.69) is 4.74 Å². The number of esters is 1. The molecule has 94 valence electrons. The fourth-order valence-corrected chi connectivity index (χ4v) is 1.78. The molecule has 0 saturated carbocycles. The molecule has 0 aliphatic rings. The normalized spacial score (nSPS) is 12.1. The van der Waals surface area contributed by atoms with Gasteiger partial charge in [0.25, 0.3) is 0 Å². The molecule has 0 heterocycles. The molecule has 17 heavy (non-hydrogen) atoms. The van der Waals surface area contributed by atoms with Crippen LogP contribution in [-0.4, -0.2) is 27.2 Å². The molecular weight excluding hydrogens is 240 g/mol. The van der Waals surface area contributed by atoms with E-state index in [1.807, 2.05) is 37.2 Å². The summed E-state index contributed by atoms with van der Waals surface area (Å²) in [5.74, 6) is -0.342. The summed E-state index contributed by atoms with van der Waals surface area (Å²) in [5, 5.41) is 0.563. The average molecular weight is 257 g/mol. The quantitative estimate of drug-likeness (QED) is 0.837. The second-order valence-corrected chi connectivity index (χ2v) is 4.39. The third kappa shape index (κ3) is 3.61. The Hall–Kier alpha value is -1.26. The number of carbonyl (C=O) groups is 1. The van der Waals surface area contributed by atoms with Gasteiger partial charge in [0.1, 0.15) is 0 Å². The molecule has 0 aliphatic heterocycles. The lowest BCUT2D eigenvalue weighted by molar-refractivity contribution is -0.141. The molecule has 2 N–H and O–H groups in total. The zero-order valence-corrected chi connectivity index (χ0v) is 11.0. The number of nitrogens with zero attached hydrogens (tertiary/aromatic N) is 1. The van der Waals surface area contributed by atoms with Crippen LogP contribution in [0.4, 0.5) is 5.69 Å². The standard InChI is InChI=1S/C12H17ClN2O2/c1-15(2)8-4-5-9(10(13)6-8)11(14)7-12(16)17-3/h4-6,11H,7,14H2,1-3H3/t11-/m0/s1. The van der Waals surface area contributed by atoms with Gasteiger partial charge in [-0.1, -0.05) is 17.7 Å². The summed E-state index contributed by atoms with van der Waals surface area (Å²) >= 11 is 6.14. The van der Waals surface area contributed by atoms with Crippen molar-refractivity contribution in [3.63, 3.8) is 0 Å². The summed E-state index contributed by atoms with van der Waals surface area (Å²) in [5.41, 5.74) is 7.64. The first-order valence-corrected chi connectivity index (χ1v) is 5.62. The Kier molecular flexibility index (Phi) is 4.78. The van der Waals surface area contributed by atoms with Gasteiger partial charge < -0.3 is 15.4 Å². The van der Waals surface area contributed by atoms with Crippen LogP contribution in [-0.2, 0) is 9.53 Å². The molecule has 0 spiro atoms. The Labute approximate surface area is 106 Å². The monoisotopic (exact) mass is 256 g/mol. The van der Waals surface area contributed by atoms with Crippen molar-refractivity contribution in [2.45, 2.75) is 12.5 Å². The Morgan fingerprint density at radius 2 is 2.18 bits per heavy atom. The summed E-state index contributed by atoms with van der Waals surface area (Å²) in [6.07, 6.45) is 0.123. The highest BCUT2D eigenvalue weighted by atomic mass is 35.5. The number of hydrogen-bond donors (Lipinski definition) is 1. The molecule has 5 heteroatoms. The van der Waals surface area contributed by atoms with E-state index in [9.17, 15) is 4.79 Å². The number of benzene rings is 1. The minimum Gasteiger partial charge on any atom is -0.469 e. The van der Waals surface area contributed by atoms with Crippen molar-refractivity contribution in [2.24, 2.45) is 5.73 Å². The van der Waals surface area contributed by atoms with E-state index in [-0.39, 0.29) is 12.4 Å². The van der Waals surface area contributed by atoms with Gasteiger partial charge >= 0.3 is 5.97 Å². The van der Waals surface area contributed by atoms with Crippen molar-refractivity contribution >= 4 is 23.3 Å². The summed E-state index contributed by atoms with van der Waals surface area (Å²) < 4.78 is 4.57. The van der Waals surface area contributed by atoms with Crippen molar-refractivity contribution in [3.05, 3.63) is 28.8 Å². The van der Waals surface area contributed by atoms with Gasteiger partial charge in [0.05, 0.1) is 13.5 Å².